The lowest BCUT2D eigenvalue weighted by Crippen LogP contribution is -2.50. The van der Waals surface area contributed by atoms with Crippen molar-refractivity contribution in [3.63, 3.8) is 0 Å². The second-order valence-corrected chi connectivity index (χ2v) is 6.13. The van der Waals surface area contributed by atoms with Crippen LogP contribution in [0.1, 0.15) is 51.9 Å². The second kappa shape index (κ2) is 5.91. The third-order valence-corrected chi connectivity index (χ3v) is 4.28. The van der Waals surface area contributed by atoms with Crippen LogP contribution in [0.2, 0.25) is 0 Å². The first-order chi connectivity index (χ1) is 8.59. The molecule has 1 saturated carbocycles. The molecule has 2 fully saturated rings. The van der Waals surface area contributed by atoms with E-state index in [1.165, 1.54) is 12.8 Å². The molecule has 1 aliphatic heterocycles. The Kier molecular flexibility index (Phi) is 4.49. The van der Waals surface area contributed by atoms with Gasteiger partial charge in [-0.2, -0.15) is 0 Å². The van der Waals surface area contributed by atoms with Crippen LogP contribution in [0, 0.1) is 5.92 Å². The fourth-order valence-electron chi connectivity index (χ4n) is 3.24. The van der Waals surface area contributed by atoms with E-state index in [1.807, 2.05) is 4.90 Å². The number of hydrogen-bond acceptors (Lipinski definition) is 2. The Morgan fingerprint density at radius 1 is 1.33 bits per heavy atom. The Bertz CT molecular complexity index is 290. The minimum Gasteiger partial charge on any atom is -0.388 e. The van der Waals surface area contributed by atoms with E-state index in [-0.39, 0.29) is 6.03 Å². The third kappa shape index (κ3) is 3.61. The molecular weight excluding hydrogens is 228 g/mol. The fourth-order valence-corrected chi connectivity index (χ4v) is 3.24. The maximum Gasteiger partial charge on any atom is 0.317 e. The summed E-state index contributed by atoms with van der Waals surface area (Å²) in [6.45, 7) is 4.31. The van der Waals surface area contributed by atoms with Crippen LogP contribution in [0.5, 0.6) is 0 Å². The molecule has 0 aromatic carbocycles. The summed E-state index contributed by atoms with van der Waals surface area (Å²) in [7, 11) is 0. The number of nitrogens with one attached hydrogen (secondary N) is 1. The van der Waals surface area contributed by atoms with Gasteiger partial charge in [0.15, 0.2) is 0 Å². The maximum atomic E-state index is 12.0. The van der Waals surface area contributed by atoms with Gasteiger partial charge in [-0.25, -0.2) is 4.79 Å². The number of urea groups is 1. The summed E-state index contributed by atoms with van der Waals surface area (Å²) in [5.41, 5.74) is -0.677. The number of carbonyl (C=O) groups excluding carboxylic acids is 1. The number of likely N-dealkylation sites (tertiary alicyclic amines) is 1. The van der Waals surface area contributed by atoms with E-state index in [0.29, 0.717) is 12.5 Å². The van der Waals surface area contributed by atoms with Crippen LogP contribution in [0.3, 0.4) is 0 Å². The minimum atomic E-state index is -0.677. The van der Waals surface area contributed by atoms with Gasteiger partial charge in [-0.3, -0.25) is 0 Å². The molecule has 2 unspecified atom stereocenters. The molecule has 0 bridgehead atoms. The number of rotatable bonds is 2. The molecule has 18 heavy (non-hydrogen) atoms. The van der Waals surface area contributed by atoms with Gasteiger partial charge in [-0.15, -0.1) is 0 Å². The lowest BCUT2D eigenvalue weighted by Gasteiger charge is -2.36. The van der Waals surface area contributed by atoms with Crippen molar-refractivity contribution in [1.29, 1.82) is 0 Å². The van der Waals surface area contributed by atoms with E-state index in [9.17, 15) is 9.90 Å². The molecule has 0 aromatic rings. The van der Waals surface area contributed by atoms with E-state index in [0.717, 1.165) is 45.2 Å². The number of nitrogens with zero attached hydrogens (tertiary/aromatic N) is 1. The zero-order valence-corrected chi connectivity index (χ0v) is 11.5. The van der Waals surface area contributed by atoms with Crippen molar-refractivity contribution in [2.24, 2.45) is 5.92 Å². The van der Waals surface area contributed by atoms with Gasteiger partial charge in [0.1, 0.15) is 0 Å². The monoisotopic (exact) mass is 254 g/mol. The lowest BCUT2D eigenvalue weighted by atomic mass is 9.79. The Balaban J connectivity index is 1.77. The molecule has 2 N–H and O–H groups in total. The van der Waals surface area contributed by atoms with E-state index in [1.54, 1.807) is 0 Å². The highest BCUT2D eigenvalue weighted by atomic mass is 16.3. The molecular formula is C14H26N2O2. The number of amides is 2. The largest absolute Gasteiger partial charge is 0.388 e. The molecule has 1 aliphatic carbocycles. The van der Waals surface area contributed by atoms with Crippen molar-refractivity contribution in [2.75, 3.05) is 19.6 Å². The van der Waals surface area contributed by atoms with Crippen LogP contribution in [0.15, 0.2) is 0 Å². The number of carbonyl (C=O) groups is 1. The Morgan fingerprint density at radius 2 is 2.06 bits per heavy atom. The third-order valence-electron chi connectivity index (χ3n) is 4.28. The molecule has 2 rings (SSSR count). The van der Waals surface area contributed by atoms with Crippen molar-refractivity contribution < 1.29 is 9.90 Å². The predicted molar refractivity (Wildman–Crippen MR) is 71.4 cm³/mol. The van der Waals surface area contributed by atoms with Crippen molar-refractivity contribution in [3.05, 3.63) is 0 Å². The van der Waals surface area contributed by atoms with Gasteiger partial charge < -0.3 is 15.3 Å². The van der Waals surface area contributed by atoms with Gasteiger partial charge in [0, 0.05) is 19.6 Å². The smallest absolute Gasteiger partial charge is 0.317 e. The average molecular weight is 254 g/mol. The first kappa shape index (κ1) is 13.7. The van der Waals surface area contributed by atoms with Gasteiger partial charge in [0.2, 0.25) is 0 Å². The lowest BCUT2D eigenvalue weighted by molar-refractivity contribution is -0.0104. The highest BCUT2D eigenvalue weighted by Gasteiger charge is 2.33. The summed E-state index contributed by atoms with van der Waals surface area (Å²) < 4.78 is 0. The summed E-state index contributed by atoms with van der Waals surface area (Å²) in [5, 5.41) is 13.4. The molecule has 2 aliphatic rings. The highest BCUT2D eigenvalue weighted by Crippen LogP contribution is 2.31. The highest BCUT2D eigenvalue weighted by molar-refractivity contribution is 5.74. The molecule has 1 heterocycles. The van der Waals surface area contributed by atoms with E-state index in [4.69, 9.17) is 0 Å². The zero-order chi connectivity index (χ0) is 13.0. The van der Waals surface area contributed by atoms with Crippen molar-refractivity contribution in [1.82, 2.24) is 10.2 Å². The Morgan fingerprint density at radius 3 is 2.72 bits per heavy atom. The summed E-state index contributed by atoms with van der Waals surface area (Å²) >= 11 is 0. The first-order valence-electron chi connectivity index (χ1n) is 7.34. The number of piperidine rings is 1. The first-order valence-corrected chi connectivity index (χ1v) is 7.34. The molecule has 2 atom stereocenters. The van der Waals surface area contributed by atoms with E-state index < -0.39 is 5.60 Å². The summed E-state index contributed by atoms with van der Waals surface area (Å²) in [5.74, 6) is 0.565. The number of aliphatic hydroxyl groups is 1. The van der Waals surface area contributed by atoms with Crippen LogP contribution >= 0.6 is 0 Å². The summed E-state index contributed by atoms with van der Waals surface area (Å²) in [4.78, 5) is 13.8. The molecule has 4 heteroatoms. The minimum absolute atomic E-state index is 0.00125. The quantitative estimate of drug-likeness (QED) is 0.793. The van der Waals surface area contributed by atoms with E-state index >= 15 is 0 Å². The van der Waals surface area contributed by atoms with Gasteiger partial charge in [0.25, 0.3) is 0 Å². The molecule has 0 aromatic heterocycles. The number of hydrogen-bond donors (Lipinski definition) is 2. The van der Waals surface area contributed by atoms with Crippen molar-refractivity contribution in [3.8, 4) is 0 Å². The van der Waals surface area contributed by atoms with Gasteiger partial charge in [0.05, 0.1) is 5.60 Å². The van der Waals surface area contributed by atoms with Gasteiger partial charge in [-0.05, 0) is 38.0 Å². The fraction of sp³-hybridized carbons (Fsp3) is 0.929. The predicted octanol–water partition coefficient (Wildman–Crippen LogP) is 2.12. The molecule has 0 spiro atoms. The van der Waals surface area contributed by atoms with Crippen molar-refractivity contribution in [2.45, 2.75) is 57.5 Å². The molecule has 4 nitrogen and oxygen atoms in total. The maximum absolute atomic E-state index is 12.0. The molecule has 0 radical (unpaired) electrons. The second-order valence-electron chi connectivity index (χ2n) is 6.13. The van der Waals surface area contributed by atoms with Crippen LogP contribution in [0.25, 0.3) is 0 Å². The van der Waals surface area contributed by atoms with Crippen LogP contribution < -0.4 is 5.32 Å². The molecule has 2 amide bonds. The van der Waals surface area contributed by atoms with Gasteiger partial charge in [-0.1, -0.05) is 19.8 Å². The van der Waals surface area contributed by atoms with Crippen molar-refractivity contribution >= 4 is 6.03 Å². The topological polar surface area (TPSA) is 52.6 Å². The van der Waals surface area contributed by atoms with E-state index in [2.05, 4.69) is 12.2 Å². The SMILES string of the molecule is CC1CCCC(O)(CNC(=O)N2CCCCC2)C1. The molecule has 1 saturated heterocycles. The normalized spacial score (nSPS) is 33.2. The average Bonchev–Trinajstić information content (AvgIpc) is 2.37. The van der Waals surface area contributed by atoms with Crippen LogP contribution in [-0.2, 0) is 0 Å². The Labute approximate surface area is 110 Å². The summed E-state index contributed by atoms with van der Waals surface area (Å²) in [6, 6.07) is 0.00125. The Hall–Kier alpha value is -0.770. The molecule has 104 valence electrons. The van der Waals surface area contributed by atoms with Crippen LogP contribution in [-0.4, -0.2) is 41.3 Å². The summed E-state index contributed by atoms with van der Waals surface area (Å²) in [6.07, 6.45) is 7.33. The zero-order valence-electron chi connectivity index (χ0n) is 11.5. The van der Waals surface area contributed by atoms with Gasteiger partial charge >= 0.3 is 6.03 Å². The van der Waals surface area contributed by atoms with Crippen LogP contribution in [0.4, 0.5) is 4.79 Å². The standard InChI is InChI=1S/C14H26N2O2/c1-12-6-5-7-14(18,10-12)11-15-13(17)16-8-3-2-4-9-16/h12,18H,2-11H2,1H3,(H,15,17).